The van der Waals surface area contributed by atoms with Crippen molar-refractivity contribution in [1.29, 1.82) is 0 Å². The van der Waals surface area contributed by atoms with Gasteiger partial charge >= 0.3 is 35.5 Å². The number of rotatable bonds is 3. The van der Waals surface area contributed by atoms with Crippen molar-refractivity contribution in [2.75, 3.05) is 26.3 Å². The van der Waals surface area contributed by atoms with Crippen LogP contribution in [0, 0.1) is 0 Å². The van der Waals surface area contributed by atoms with E-state index in [1.807, 2.05) is 5.38 Å². The molecule has 2 rings (SSSR count). The minimum absolute atomic E-state index is 0. The van der Waals surface area contributed by atoms with Crippen molar-refractivity contribution in [3.63, 3.8) is 0 Å². The zero-order chi connectivity index (χ0) is 11.5. The average Bonchev–Trinajstić information content (AvgIpc) is 2.62. The molecule has 0 saturated carbocycles. The minimum atomic E-state index is -0.955. The number of carbonyl (C=O) groups is 1. The first-order valence-electron chi connectivity index (χ1n) is 4.97. The summed E-state index contributed by atoms with van der Waals surface area (Å²) in [7, 11) is 0. The van der Waals surface area contributed by atoms with E-state index in [1.165, 1.54) is 11.3 Å². The summed E-state index contributed by atoms with van der Waals surface area (Å²) in [5.74, 6) is -0.955. The number of nitrogens with zero attached hydrogens (tertiary/aromatic N) is 1. The molecule has 0 bridgehead atoms. The van der Waals surface area contributed by atoms with Gasteiger partial charge in [-0.2, -0.15) is 0 Å². The predicted octanol–water partition coefficient (Wildman–Crippen LogP) is 1.28. The molecule has 0 atom stereocenters. The van der Waals surface area contributed by atoms with E-state index in [2.05, 4.69) is 4.90 Å². The van der Waals surface area contributed by atoms with E-state index in [-0.39, 0.29) is 34.4 Å². The molecule has 4 nitrogen and oxygen atoms in total. The molecule has 1 aromatic heterocycles. The molecule has 0 aliphatic carbocycles. The van der Waals surface area contributed by atoms with E-state index in [1.54, 1.807) is 0 Å². The molecule has 0 amide bonds. The van der Waals surface area contributed by atoms with Gasteiger partial charge in [0.25, 0.3) is 0 Å². The van der Waals surface area contributed by atoms with Crippen LogP contribution in [0.2, 0.25) is 5.02 Å². The molecule has 1 aliphatic heterocycles. The topological polar surface area (TPSA) is 49.8 Å². The van der Waals surface area contributed by atoms with Crippen LogP contribution in [0.15, 0.2) is 5.38 Å². The predicted molar refractivity (Wildman–Crippen MR) is 69.5 cm³/mol. The van der Waals surface area contributed by atoms with Crippen molar-refractivity contribution in [2.45, 2.75) is 6.54 Å². The van der Waals surface area contributed by atoms with Crippen LogP contribution in [-0.4, -0.2) is 71.8 Å². The summed E-state index contributed by atoms with van der Waals surface area (Å²) in [6, 6.07) is 0. The van der Waals surface area contributed by atoms with Gasteiger partial charge in [0.1, 0.15) is 4.88 Å². The first-order chi connectivity index (χ1) is 7.68. The summed E-state index contributed by atoms with van der Waals surface area (Å²) < 4.78 is 5.24. The number of morpholine rings is 1. The van der Waals surface area contributed by atoms with E-state index in [0.717, 1.165) is 31.9 Å². The van der Waals surface area contributed by atoms with Gasteiger partial charge in [-0.25, -0.2) is 4.79 Å². The summed E-state index contributed by atoms with van der Waals surface area (Å²) in [5, 5.41) is 11.1. The normalized spacial score (nSPS) is 16.5. The molecule has 0 unspecified atom stereocenters. The zero-order valence-electron chi connectivity index (χ0n) is 8.61. The van der Waals surface area contributed by atoms with Gasteiger partial charge in [0.05, 0.1) is 18.2 Å². The molecular formula is C10H13ClNNaO3S. The SMILES string of the molecule is O=C(O)c1scc(CN2CCOCC2)c1Cl.[NaH]. The Morgan fingerprint density at radius 1 is 1.53 bits per heavy atom. The molecular weight excluding hydrogens is 273 g/mol. The van der Waals surface area contributed by atoms with Gasteiger partial charge in [-0.1, -0.05) is 11.6 Å². The fraction of sp³-hybridized carbons (Fsp3) is 0.500. The third kappa shape index (κ3) is 3.92. The summed E-state index contributed by atoms with van der Waals surface area (Å²) in [5.41, 5.74) is 0.894. The van der Waals surface area contributed by atoms with Crippen LogP contribution < -0.4 is 0 Å². The van der Waals surface area contributed by atoms with Gasteiger partial charge < -0.3 is 9.84 Å². The van der Waals surface area contributed by atoms with Crippen LogP contribution in [0.25, 0.3) is 0 Å². The summed E-state index contributed by atoms with van der Waals surface area (Å²) in [6.07, 6.45) is 0. The Morgan fingerprint density at radius 3 is 2.71 bits per heavy atom. The third-order valence-electron chi connectivity index (χ3n) is 2.49. The van der Waals surface area contributed by atoms with Crippen LogP contribution in [0.1, 0.15) is 15.2 Å². The Labute approximate surface area is 131 Å². The molecule has 1 aliphatic rings. The number of aromatic carboxylic acids is 1. The summed E-state index contributed by atoms with van der Waals surface area (Å²) >= 11 is 7.19. The van der Waals surface area contributed by atoms with Crippen LogP contribution in [0.5, 0.6) is 0 Å². The number of hydrogen-bond acceptors (Lipinski definition) is 4. The van der Waals surface area contributed by atoms with E-state index in [9.17, 15) is 4.79 Å². The second kappa shape index (κ2) is 7.09. The number of carboxylic acid groups (broad SMARTS) is 1. The van der Waals surface area contributed by atoms with Crippen molar-refractivity contribution in [3.8, 4) is 0 Å². The third-order valence-corrected chi connectivity index (χ3v) is 4.05. The van der Waals surface area contributed by atoms with Gasteiger partial charge in [0.2, 0.25) is 0 Å². The summed E-state index contributed by atoms with van der Waals surface area (Å²) in [4.78, 5) is 13.3. The number of ether oxygens (including phenoxy) is 1. The maximum absolute atomic E-state index is 10.8. The van der Waals surface area contributed by atoms with E-state index < -0.39 is 5.97 Å². The van der Waals surface area contributed by atoms with Crippen LogP contribution in [-0.2, 0) is 11.3 Å². The molecule has 0 aromatic carbocycles. The molecule has 0 spiro atoms. The fourth-order valence-corrected chi connectivity index (χ4v) is 2.81. The quantitative estimate of drug-likeness (QED) is 0.850. The summed E-state index contributed by atoms with van der Waals surface area (Å²) in [6.45, 7) is 3.90. The molecule has 90 valence electrons. The van der Waals surface area contributed by atoms with Crippen LogP contribution >= 0.6 is 22.9 Å². The zero-order valence-corrected chi connectivity index (χ0v) is 10.2. The van der Waals surface area contributed by atoms with Crippen molar-refractivity contribution in [1.82, 2.24) is 4.90 Å². The van der Waals surface area contributed by atoms with Crippen LogP contribution in [0.4, 0.5) is 0 Å². The molecule has 0 radical (unpaired) electrons. The van der Waals surface area contributed by atoms with Gasteiger partial charge in [-0.15, -0.1) is 11.3 Å². The molecule has 1 aromatic rings. The van der Waals surface area contributed by atoms with Crippen molar-refractivity contribution in [2.24, 2.45) is 0 Å². The number of thiophene rings is 1. The van der Waals surface area contributed by atoms with Crippen molar-refractivity contribution in [3.05, 3.63) is 20.8 Å². The second-order valence-corrected chi connectivity index (χ2v) is 4.86. The Morgan fingerprint density at radius 2 is 2.18 bits per heavy atom. The number of hydrogen-bond donors (Lipinski definition) is 1. The Hall–Kier alpha value is 0.380. The molecule has 1 N–H and O–H groups in total. The second-order valence-electron chi connectivity index (χ2n) is 3.60. The molecule has 17 heavy (non-hydrogen) atoms. The van der Waals surface area contributed by atoms with Gasteiger partial charge in [0.15, 0.2) is 0 Å². The standard InChI is InChI=1S/C10H12ClNO3S.Na.H/c11-8-7(6-16-9(8)10(13)14)5-12-1-3-15-4-2-12;;/h6H,1-5H2,(H,13,14);;. The Bertz CT molecular complexity index is 393. The van der Waals surface area contributed by atoms with Gasteiger partial charge in [0, 0.05) is 19.6 Å². The van der Waals surface area contributed by atoms with Gasteiger partial charge in [-0.3, -0.25) is 4.90 Å². The Balaban J connectivity index is 0.00000144. The van der Waals surface area contributed by atoms with Crippen molar-refractivity contribution >= 4 is 58.5 Å². The fourth-order valence-electron chi connectivity index (χ4n) is 1.63. The number of carboxylic acids is 1. The molecule has 1 fully saturated rings. The molecule has 2 heterocycles. The first kappa shape index (κ1) is 15.4. The van der Waals surface area contributed by atoms with E-state index >= 15 is 0 Å². The molecule has 1 saturated heterocycles. The molecule has 7 heteroatoms. The average molecular weight is 286 g/mol. The number of halogens is 1. The van der Waals surface area contributed by atoms with Gasteiger partial charge in [-0.05, 0) is 10.9 Å². The Kier molecular flexibility index (Phi) is 6.44. The monoisotopic (exact) mass is 285 g/mol. The van der Waals surface area contributed by atoms with E-state index in [4.69, 9.17) is 21.4 Å². The van der Waals surface area contributed by atoms with E-state index in [0.29, 0.717) is 11.6 Å². The maximum atomic E-state index is 10.8. The van der Waals surface area contributed by atoms with Crippen LogP contribution in [0.3, 0.4) is 0 Å². The first-order valence-corrected chi connectivity index (χ1v) is 6.23. The van der Waals surface area contributed by atoms with Crippen molar-refractivity contribution < 1.29 is 14.6 Å².